The zero-order chi connectivity index (χ0) is 19.2. The van der Waals surface area contributed by atoms with Gasteiger partial charge < -0.3 is 11.1 Å². The molecule has 0 aliphatic rings. The van der Waals surface area contributed by atoms with E-state index in [4.69, 9.17) is 5.73 Å². The van der Waals surface area contributed by atoms with Crippen LogP contribution >= 0.6 is 12.4 Å². The van der Waals surface area contributed by atoms with Crippen molar-refractivity contribution in [1.29, 1.82) is 0 Å². The number of hydrogen-bond donors (Lipinski definition) is 2. The molecule has 0 aliphatic carbocycles. The minimum atomic E-state index is -3.46. The van der Waals surface area contributed by atoms with E-state index in [0.29, 0.717) is 25.3 Å². The van der Waals surface area contributed by atoms with Crippen LogP contribution in [-0.4, -0.2) is 31.7 Å². The second-order valence-electron chi connectivity index (χ2n) is 5.93. The van der Waals surface area contributed by atoms with E-state index in [0.717, 1.165) is 11.1 Å². The van der Waals surface area contributed by atoms with Crippen molar-refractivity contribution in [1.82, 2.24) is 9.62 Å². The summed E-state index contributed by atoms with van der Waals surface area (Å²) in [6.07, 6.45) is 0.273. The third-order valence-electron chi connectivity index (χ3n) is 4.10. The SMILES string of the molecule is CCN(CC)S(=O)(=O)c1ccc(CNC(=O)Cc2ccc(N)cc2)cc1.Cl. The number of halogens is 1. The molecule has 0 unspecified atom stereocenters. The highest BCUT2D eigenvalue weighted by Crippen LogP contribution is 2.16. The van der Waals surface area contributed by atoms with Crippen LogP contribution in [0.2, 0.25) is 0 Å². The van der Waals surface area contributed by atoms with Crippen LogP contribution in [0.4, 0.5) is 5.69 Å². The molecule has 27 heavy (non-hydrogen) atoms. The first-order valence-electron chi connectivity index (χ1n) is 8.57. The Labute approximate surface area is 167 Å². The van der Waals surface area contributed by atoms with E-state index in [9.17, 15) is 13.2 Å². The molecule has 0 aliphatic heterocycles. The first-order chi connectivity index (χ1) is 12.4. The largest absolute Gasteiger partial charge is 0.399 e. The summed E-state index contributed by atoms with van der Waals surface area (Å²) >= 11 is 0. The molecule has 2 aromatic rings. The van der Waals surface area contributed by atoms with E-state index < -0.39 is 10.0 Å². The lowest BCUT2D eigenvalue weighted by atomic mass is 10.1. The number of amides is 1. The van der Waals surface area contributed by atoms with E-state index >= 15 is 0 Å². The summed E-state index contributed by atoms with van der Waals surface area (Å²) in [5.74, 6) is -0.102. The zero-order valence-corrected chi connectivity index (χ0v) is 17.1. The molecular formula is C19H26ClN3O3S. The lowest BCUT2D eigenvalue weighted by molar-refractivity contribution is -0.120. The van der Waals surface area contributed by atoms with Gasteiger partial charge in [0.15, 0.2) is 0 Å². The molecule has 2 rings (SSSR count). The second-order valence-corrected chi connectivity index (χ2v) is 7.87. The van der Waals surface area contributed by atoms with Gasteiger partial charge in [-0.2, -0.15) is 4.31 Å². The molecule has 0 aromatic heterocycles. The fourth-order valence-corrected chi connectivity index (χ4v) is 4.03. The molecule has 2 aromatic carbocycles. The number of carbonyl (C=O) groups excluding carboxylic acids is 1. The van der Waals surface area contributed by atoms with Crippen molar-refractivity contribution < 1.29 is 13.2 Å². The molecule has 0 saturated heterocycles. The summed E-state index contributed by atoms with van der Waals surface area (Å²) in [5.41, 5.74) is 8.01. The number of carbonyl (C=O) groups is 1. The lowest BCUT2D eigenvalue weighted by Crippen LogP contribution is -2.30. The number of nitrogen functional groups attached to an aromatic ring is 1. The molecule has 1 amide bonds. The normalized spacial score (nSPS) is 11.1. The molecule has 148 valence electrons. The predicted octanol–water partition coefficient (Wildman–Crippen LogP) is 2.58. The van der Waals surface area contributed by atoms with Crippen LogP contribution in [0.3, 0.4) is 0 Å². The maximum absolute atomic E-state index is 12.4. The first-order valence-corrected chi connectivity index (χ1v) is 10.0. The van der Waals surface area contributed by atoms with Gasteiger partial charge in [-0.05, 0) is 35.4 Å². The van der Waals surface area contributed by atoms with Crippen molar-refractivity contribution in [3.63, 3.8) is 0 Å². The smallest absolute Gasteiger partial charge is 0.243 e. The number of sulfonamides is 1. The Balaban J connectivity index is 0.00000364. The predicted molar refractivity (Wildman–Crippen MR) is 110 cm³/mol. The summed E-state index contributed by atoms with van der Waals surface area (Å²) in [4.78, 5) is 12.3. The topological polar surface area (TPSA) is 92.5 Å². The van der Waals surface area contributed by atoms with Crippen molar-refractivity contribution in [2.75, 3.05) is 18.8 Å². The van der Waals surface area contributed by atoms with Gasteiger partial charge in [0.05, 0.1) is 11.3 Å². The molecule has 0 spiro atoms. The number of benzene rings is 2. The lowest BCUT2D eigenvalue weighted by Gasteiger charge is -2.18. The average molecular weight is 412 g/mol. The highest BCUT2D eigenvalue weighted by Gasteiger charge is 2.21. The molecule has 0 heterocycles. The molecule has 0 radical (unpaired) electrons. The number of nitrogens with zero attached hydrogens (tertiary/aromatic N) is 1. The highest BCUT2D eigenvalue weighted by atomic mass is 35.5. The minimum Gasteiger partial charge on any atom is -0.399 e. The summed E-state index contributed by atoms with van der Waals surface area (Å²) in [7, 11) is -3.46. The van der Waals surface area contributed by atoms with Crippen molar-refractivity contribution in [2.24, 2.45) is 0 Å². The van der Waals surface area contributed by atoms with Crippen LogP contribution in [0.25, 0.3) is 0 Å². The Kier molecular flexibility index (Phi) is 8.75. The molecule has 0 bridgehead atoms. The van der Waals surface area contributed by atoms with Crippen LogP contribution in [0, 0.1) is 0 Å². The third kappa shape index (κ3) is 6.23. The molecule has 0 saturated carbocycles. The summed E-state index contributed by atoms with van der Waals surface area (Å²) in [5, 5.41) is 2.84. The second kappa shape index (κ2) is 10.3. The van der Waals surface area contributed by atoms with Crippen LogP contribution in [0.1, 0.15) is 25.0 Å². The van der Waals surface area contributed by atoms with E-state index in [1.807, 2.05) is 26.0 Å². The summed E-state index contributed by atoms with van der Waals surface area (Å²) in [6, 6.07) is 13.8. The number of nitrogens with one attached hydrogen (secondary N) is 1. The number of rotatable bonds is 8. The third-order valence-corrected chi connectivity index (χ3v) is 6.16. The molecular weight excluding hydrogens is 386 g/mol. The van der Waals surface area contributed by atoms with Crippen LogP contribution in [0.5, 0.6) is 0 Å². The quantitative estimate of drug-likeness (QED) is 0.653. The zero-order valence-electron chi connectivity index (χ0n) is 15.5. The van der Waals surface area contributed by atoms with E-state index in [1.54, 1.807) is 36.4 Å². The van der Waals surface area contributed by atoms with Crippen molar-refractivity contribution in [2.45, 2.75) is 31.7 Å². The average Bonchev–Trinajstić information content (AvgIpc) is 2.63. The minimum absolute atomic E-state index is 0. The number of hydrogen-bond acceptors (Lipinski definition) is 4. The summed E-state index contributed by atoms with van der Waals surface area (Å²) in [6.45, 7) is 4.83. The molecule has 6 nitrogen and oxygen atoms in total. The van der Waals surface area contributed by atoms with Gasteiger partial charge in [-0.1, -0.05) is 38.1 Å². The van der Waals surface area contributed by atoms with Gasteiger partial charge in [-0.3, -0.25) is 4.79 Å². The van der Waals surface area contributed by atoms with Crippen molar-refractivity contribution in [3.8, 4) is 0 Å². The molecule has 0 fully saturated rings. The summed E-state index contributed by atoms with van der Waals surface area (Å²) < 4.78 is 26.3. The maximum Gasteiger partial charge on any atom is 0.243 e. The Morgan fingerprint density at radius 3 is 2.00 bits per heavy atom. The van der Waals surface area contributed by atoms with Crippen LogP contribution < -0.4 is 11.1 Å². The standard InChI is InChI=1S/C19H25N3O3S.ClH/c1-3-22(4-2)26(24,25)18-11-7-16(8-12-18)14-21-19(23)13-15-5-9-17(20)10-6-15;/h5-12H,3-4,13-14,20H2,1-2H3,(H,21,23);1H. The number of nitrogens with two attached hydrogens (primary N) is 1. The fraction of sp³-hybridized carbons (Fsp3) is 0.316. The van der Waals surface area contributed by atoms with Crippen LogP contribution in [0.15, 0.2) is 53.4 Å². The van der Waals surface area contributed by atoms with E-state index in [-0.39, 0.29) is 29.6 Å². The first kappa shape index (κ1) is 23.0. The Hall–Kier alpha value is -2.09. The van der Waals surface area contributed by atoms with Gasteiger partial charge in [0.2, 0.25) is 15.9 Å². The van der Waals surface area contributed by atoms with E-state index in [1.165, 1.54) is 4.31 Å². The van der Waals surface area contributed by atoms with Gasteiger partial charge in [-0.15, -0.1) is 12.4 Å². The van der Waals surface area contributed by atoms with Gasteiger partial charge >= 0.3 is 0 Å². The van der Waals surface area contributed by atoms with Crippen molar-refractivity contribution in [3.05, 3.63) is 59.7 Å². The number of anilines is 1. The molecule has 0 atom stereocenters. The maximum atomic E-state index is 12.4. The van der Waals surface area contributed by atoms with Gasteiger partial charge in [-0.25, -0.2) is 8.42 Å². The Bertz CT molecular complexity index is 834. The van der Waals surface area contributed by atoms with Gasteiger partial charge in [0.1, 0.15) is 0 Å². The Morgan fingerprint density at radius 2 is 1.48 bits per heavy atom. The van der Waals surface area contributed by atoms with Gasteiger partial charge in [0.25, 0.3) is 0 Å². The van der Waals surface area contributed by atoms with Crippen molar-refractivity contribution >= 4 is 34.0 Å². The fourth-order valence-electron chi connectivity index (χ4n) is 2.58. The highest BCUT2D eigenvalue weighted by molar-refractivity contribution is 7.89. The Morgan fingerprint density at radius 1 is 0.963 bits per heavy atom. The molecule has 3 N–H and O–H groups in total. The van der Waals surface area contributed by atoms with E-state index in [2.05, 4.69) is 5.32 Å². The van der Waals surface area contributed by atoms with Gasteiger partial charge in [0, 0.05) is 25.3 Å². The van der Waals surface area contributed by atoms with Crippen LogP contribution in [-0.2, 0) is 27.8 Å². The molecule has 8 heteroatoms. The monoisotopic (exact) mass is 411 g/mol.